The van der Waals surface area contributed by atoms with Crippen LogP contribution in [-0.2, 0) is 17.6 Å². The lowest BCUT2D eigenvalue weighted by molar-refractivity contribution is 0.0264. The zero-order chi connectivity index (χ0) is 15.8. The highest BCUT2D eigenvalue weighted by atomic mass is 32.1. The minimum atomic E-state index is 0.419. The minimum Gasteiger partial charge on any atom is -0.378 e. The van der Waals surface area contributed by atoms with Crippen molar-refractivity contribution in [2.24, 2.45) is 4.99 Å². The third kappa shape index (κ3) is 4.95. The Hall–Kier alpha value is -1.14. The number of hydrogen-bond acceptors (Lipinski definition) is 4. The van der Waals surface area contributed by atoms with Crippen LogP contribution in [0.15, 0.2) is 11.2 Å². The monoisotopic (exact) mass is 324 g/mol. The highest BCUT2D eigenvalue weighted by Gasteiger charge is 2.21. The predicted octanol–water partition coefficient (Wildman–Crippen LogP) is 2.32. The lowest BCUT2D eigenvalue weighted by Gasteiger charge is -2.34. The van der Waals surface area contributed by atoms with Gasteiger partial charge < -0.3 is 15.0 Å². The molecule has 0 radical (unpaired) electrons. The van der Waals surface area contributed by atoms with Gasteiger partial charge in [-0.1, -0.05) is 6.92 Å². The van der Waals surface area contributed by atoms with E-state index < -0.39 is 0 Å². The molecule has 124 valence electrons. The molecule has 2 heterocycles. The molecule has 0 atom stereocenters. The number of nitrogens with zero attached hydrogens (tertiary/aromatic N) is 3. The number of aryl methyl sites for hydroxylation is 1. The Morgan fingerprint density at radius 2 is 2.23 bits per heavy atom. The van der Waals surface area contributed by atoms with E-state index in [1.165, 1.54) is 9.88 Å². The number of rotatable bonds is 6. The predicted molar refractivity (Wildman–Crippen MR) is 92.8 cm³/mol. The number of nitrogens with one attached hydrogen (secondary N) is 1. The lowest BCUT2D eigenvalue weighted by atomic mass is 10.1. The van der Waals surface area contributed by atoms with Crippen LogP contribution in [0.5, 0.6) is 0 Å². The second-order valence-corrected chi connectivity index (χ2v) is 6.64. The van der Waals surface area contributed by atoms with Crippen LogP contribution in [-0.4, -0.2) is 55.2 Å². The van der Waals surface area contributed by atoms with Gasteiger partial charge in [-0.15, -0.1) is 11.3 Å². The molecule has 0 saturated carbocycles. The summed E-state index contributed by atoms with van der Waals surface area (Å²) in [5, 5.41) is 4.67. The molecule has 5 nitrogen and oxygen atoms in total. The van der Waals surface area contributed by atoms with Gasteiger partial charge in [-0.3, -0.25) is 4.99 Å². The van der Waals surface area contributed by atoms with Crippen molar-refractivity contribution in [1.82, 2.24) is 15.2 Å². The maximum atomic E-state index is 5.70. The van der Waals surface area contributed by atoms with Gasteiger partial charge in [-0.25, -0.2) is 4.98 Å². The smallest absolute Gasteiger partial charge is 0.193 e. The fraction of sp³-hybridized carbons (Fsp3) is 0.750. The Bertz CT molecular complexity index is 466. The van der Waals surface area contributed by atoms with Gasteiger partial charge in [0, 0.05) is 50.8 Å². The third-order valence-corrected chi connectivity index (χ3v) is 5.13. The van der Waals surface area contributed by atoms with Crippen molar-refractivity contribution >= 4 is 17.3 Å². The summed E-state index contributed by atoms with van der Waals surface area (Å²) in [7, 11) is 1.86. The van der Waals surface area contributed by atoms with Crippen molar-refractivity contribution in [3.63, 3.8) is 0 Å². The van der Waals surface area contributed by atoms with Crippen LogP contribution in [0, 0.1) is 0 Å². The lowest BCUT2D eigenvalue weighted by Crippen LogP contribution is -2.47. The Balaban J connectivity index is 1.73. The summed E-state index contributed by atoms with van der Waals surface area (Å²) >= 11 is 1.81. The molecule has 1 saturated heterocycles. The van der Waals surface area contributed by atoms with Gasteiger partial charge in [0.05, 0.1) is 11.1 Å². The van der Waals surface area contributed by atoms with Gasteiger partial charge >= 0.3 is 0 Å². The van der Waals surface area contributed by atoms with E-state index in [2.05, 4.69) is 34.0 Å². The van der Waals surface area contributed by atoms with Gasteiger partial charge in [0.1, 0.15) is 0 Å². The molecule has 1 aromatic rings. The molecule has 0 bridgehead atoms. The van der Waals surface area contributed by atoms with Crippen molar-refractivity contribution in [3.05, 3.63) is 16.1 Å². The zero-order valence-corrected chi connectivity index (χ0v) is 14.8. The molecule has 1 N–H and O–H groups in total. The van der Waals surface area contributed by atoms with Crippen molar-refractivity contribution in [3.8, 4) is 0 Å². The molecule has 0 aliphatic carbocycles. The fourth-order valence-electron chi connectivity index (χ4n) is 2.71. The molecule has 0 amide bonds. The second kappa shape index (κ2) is 9.10. The van der Waals surface area contributed by atoms with Gasteiger partial charge in [0.2, 0.25) is 0 Å². The molecule has 0 aromatic carbocycles. The number of piperidine rings is 1. The van der Waals surface area contributed by atoms with Crippen molar-refractivity contribution in [2.45, 2.75) is 45.6 Å². The molecule has 1 aliphatic rings. The van der Waals surface area contributed by atoms with E-state index in [0.29, 0.717) is 6.10 Å². The van der Waals surface area contributed by atoms with Crippen LogP contribution in [0.25, 0.3) is 0 Å². The number of thiazole rings is 1. The first kappa shape index (κ1) is 17.2. The third-order valence-electron chi connectivity index (χ3n) is 3.93. The van der Waals surface area contributed by atoms with Crippen LogP contribution in [0.4, 0.5) is 0 Å². The van der Waals surface area contributed by atoms with Crippen LogP contribution < -0.4 is 5.32 Å². The van der Waals surface area contributed by atoms with E-state index in [-0.39, 0.29) is 0 Å². The number of guanidine groups is 1. The normalized spacial score (nSPS) is 17.0. The van der Waals surface area contributed by atoms with Crippen LogP contribution >= 0.6 is 11.3 Å². The Morgan fingerprint density at radius 3 is 2.82 bits per heavy atom. The van der Waals surface area contributed by atoms with Crippen molar-refractivity contribution < 1.29 is 4.74 Å². The summed E-state index contributed by atoms with van der Waals surface area (Å²) in [5.74, 6) is 1.00. The van der Waals surface area contributed by atoms with Crippen molar-refractivity contribution in [2.75, 3.05) is 33.3 Å². The number of ether oxygens (including phenoxy) is 1. The maximum absolute atomic E-state index is 5.70. The molecule has 2 rings (SSSR count). The molecular weight excluding hydrogens is 296 g/mol. The van der Waals surface area contributed by atoms with E-state index in [1.54, 1.807) is 0 Å². The van der Waals surface area contributed by atoms with E-state index in [4.69, 9.17) is 4.74 Å². The molecule has 0 unspecified atom stereocenters. The first-order chi connectivity index (χ1) is 10.8. The molecule has 0 spiro atoms. The van der Waals surface area contributed by atoms with Crippen LogP contribution in [0.2, 0.25) is 0 Å². The molecule has 1 aromatic heterocycles. The summed E-state index contributed by atoms with van der Waals surface area (Å²) in [6.07, 6.45) is 6.61. The van der Waals surface area contributed by atoms with Gasteiger partial charge in [0.25, 0.3) is 0 Å². The molecular formula is C16H28N4OS. The van der Waals surface area contributed by atoms with E-state index >= 15 is 0 Å². The number of hydrogen-bond donors (Lipinski definition) is 1. The molecule has 1 aliphatic heterocycles. The van der Waals surface area contributed by atoms with E-state index in [0.717, 1.165) is 57.9 Å². The quantitative estimate of drug-likeness (QED) is 0.644. The van der Waals surface area contributed by atoms with Gasteiger partial charge in [-0.2, -0.15) is 0 Å². The number of aromatic nitrogens is 1. The average Bonchev–Trinajstić information content (AvgIpc) is 3.01. The maximum Gasteiger partial charge on any atom is 0.193 e. The zero-order valence-electron chi connectivity index (χ0n) is 14.0. The summed E-state index contributed by atoms with van der Waals surface area (Å²) in [6, 6.07) is 0. The highest BCUT2D eigenvalue weighted by Crippen LogP contribution is 2.15. The Labute approximate surface area is 137 Å². The van der Waals surface area contributed by atoms with Crippen molar-refractivity contribution in [1.29, 1.82) is 0 Å². The number of likely N-dealkylation sites (tertiary alicyclic amines) is 1. The standard InChI is InChI=1S/C16H28N4OS/c1-4-14-12-19-15(22-14)6-9-18-16(17-3)20-10-7-13(8-11-20)21-5-2/h12-13H,4-11H2,1-3H3,(H,17,18). The fourth-order valence-corrected chi connectivity index (χ4v) is 3.57. The van der Waals surface area contributed by atoms with E-state index in [9.17, 15) is 0 Å². The van der Waals surface area contributed by atoms with Gasteiger partial charge in [-0.05, 0) is 26.2 Å². The molecule has 6 heteroatoms. The average molecular weight is 324 g/mol. The van der Waals surface area contributed by atoms with E-state index in [1.807, 2.05) is 24.6 Å². The SMILES string of the molecule is CCOC1CCN(C(=NC)NCCc2ncc(CC)s2)CC1. The Morgan fingerprint density at radius 1 is 1.45 bits per heavy atom. The topological polar surface area (TPSA) is 49.8 Å². The van der Waals surface area contributed by atoms with Gasteiger partial charge in [0.15, 0.2) is 5.96 Å². The first-order valence-electron chi connectivity index (χ1n) is 8.27. The second-order valence-electron chi connectivity index (χ2n) is 5.44. The molecule has 1 fully saturated rings. The number of aliphatic imine (C=N–C) groups is 1. The summed E-state index contributed by atoms with van der Waals surface area (Å²) in [6.45, 7) is 7.96. The molecule has 22 heavy (non-hydrogen) atoms. The summed E-state index contributed by atoms with van der Waals surface area (Å²) < 4.78 is 5.70. The highest BCUT2D eigenvalue weighted by molar-refractivity contribution is 7.11. The first-order valence-corrected chi connectivity index (χ1v) is 9.09. The minimum absolute atomic E-state index is 0.419. The largest absolute Gasteiger partial charge is 0.378 e. The van der Waals surface area contributed by atoms with Crippen LogP contribution in [0.3, 0.4) is 0 Å². The summed E-state index contributed by atoms with van der Waals surface area (Å²) in [5.41, 5.74) is 0. The Kier molecular flexibility index (Phi) is 7.12. The van der Waals surface area contributed by atoms with Crippen LogP contribution in [0.1, 0.15) is 36.6 Å². The summed E-state index contributed by atoms with van der Waals surface area (Å²) in [4.78, 5) is 12.6.